The summed E-state index contributed by atoms with van der Waals surface area (Å²) < 4.78 is 4.56. The Morgan fingerprint density at radius 1 is 1.58 bits per heavy atom. The molecule has 0 heterocycles. The third-order valence-corrected chi connectivity index (χ3v) is 1.26. The fourth-order valence-electron chi connectivity index (χ4n) is 0.508. The van der Waals surface area contributed by atoms with Crippen LogP contribution >= 0.6 is 0 Å². The van der Waals surface area contributed by atoms with Crippen molar-refractivity contribution in [2.75, 3.05) is 6.61 Å². The van der Waals surface area contributed by atoms with E-state index < -0.39 is 18.0 Å². The molecule has 5 heteroatoms. The first kappa shape index (κ1) is 10.9. The maximum absolute atomic E-state index is 10.7. The predicted octanol–water partition coefficient (Wildman–Crippen LogP) is -0.258. The Hall–Kier alpha value is -1.10. The van der Waals surface area contributed by atoms with Crippen LogP contribution in [0.5, 0.6) is 0 Å². The van der Waals surface area contributed by atoms with Crippen molar-refractivity contribution >= 4 is 11.9 Å². The van der Waals surface area contributed by atoms with E-state index in [1.165, 1.54) is 0 Å². The summed E-state index contributed by atoms with van der Waals surface area (Å²) in [5.74, 6) is -2.24. The minimum Gasteiger partial charge on any atom is -0.480 e. The molecule has 0 aliphatic rings. The van der Waals surface area contributed by atoms with Crippen molar-refractivity contribution in [3.8, 4) is 0 Å². The molecular weight excluding hydrogens is 162 g/mol. The molecule has 12 heavy (non-hydrogen) atoms. The van der Waals surface area contributed by atoms with Crippen LogP contribution in [0, 0.1) is 0 Å². The molecule has 0 aliphatic heterocycles. The van der Waals surface area contributed by atoms with E-state index in [9.17, 15) is 9.59 Å². The van der Waals surface area contributed by atoms with E-state index >= 15 is 0 Å². The van der Waals surface area contributed by atoms with Crippen molar-refractivity contribution in [1.82, 2.24) is 0 Å². The molecule has 0 aromatic heterocycles. The topological polar surface area (TPSA) is 89.6 Å². The Bertz CT molecular complexity index is 169. The fraction of sp³-hybridized carbons (Fsp3) is 0.714. The third-order valence-electron chi connectivity index (χ3n) is 1.26. The van der Waals surface area contributed by atoms with Gasteiger partial charge in [-0.05, 0) is 6.42 Å². The molecule has 0 radical (unpaired) electrons. The van der Waals surface area contributed by atoms with Crippen molar-refractivity contribution in [3.05, 3.63) is 0 Å². The quantitative estimate of drug-likeness (QED) is 0.341. The molecule has 0 amide bonds. The van der Waals surface area contributed by atoms with Crippen molar-refractivity contribution in [3.63, 3.8) is 0 Å². The van der Waals surface area contributed by atoms with Gasteiger partial charge in [0.15, 0.2) is 0 Å². The highest BCUT2D eigenvalue weighted by molar-refractivity contribution is 5.97. The van der Waals surface area contributed by atoms with Crippen LogP contribution in [0.25, 0.3) is 0 Å². The van der Waals surface area contributed by atoms with Gasteiger partial charge in [-0.1, -0.05) is 13.3 Å². The van der Waals surface area contributed by atoms with E-state index in [1.807, 2.05) is 6.92 Å². The second-order valence-corrected chi connectivity index (χ2v) is 2.34. The average Bonchev–Trinajstić information content (AvgIpc) is 2.03. The molecule has 0 rings (SSSR count). The summed E-state index contributed by atoms with van der Waals surface area (Å²) in [6.07, 6.45) is 1.60. The van der Waals surface area contributed by atoms with E-state index in [0.29, 0.717) is 0 Å². The second kappa shape index (κ2) is 5.54. The van der Waals surface area contributed by atoms with Crippen LogP contribution in [0.3, 0.4) is 0 Å². The van der Waals surface area contributed by atoms with Gasteiger partial charge in [0.2, 0.25) is 6.04 Å². The van der Waals surface area contributed by atoms with Gasteiger partial charge in [-0.2, -0.15) is 0 Å². The van der Waals surface area contributed by atoms with Crippen molar-refractivity contribution < 1.29 is 19.4 Å². The Labute approximate surface area is 70.5 Å². The minimum absolute atomic E-state index is 0.232. The smallest absolute Gasteiger partial charge is 0.334 e. The monoisotopic (exact) mass is 175 g/mol. The standard InChI is InChI=1S/C7H13NO4/c1-2-3-4-12-7(11)5(8)6(9)10/h5H,2-4,8H2,1H3,(H,9,10). The van der Waals surface area contributed by atoms with Gasteiger partial charge in [-0.15, -0.1) is 0 Å². The molecule has 0 saturated carbocycles. The number of carboxylic acid groups (broad SMARTS) is 1. The first-order chi connectivity index (χ1) is 5.59. The first-order valence-corrected chi connectivity index (χ1v) is 3.74. The molecular formula is C7H13NO4. The maximum atomic E-state index is 10.7. The summed E-state index contributed by atoms with van der Waals surface area (Å²) in [6.45, 7) is 2.17. The lowest BCUT2D eigenvalue weighted by Crippen LogP contribution is -2.39. The Morgan fingerprint density at radius 2 is 2.17 bits per heavy atom. The Balaban J connectivity index is 3.65. The number of carboxylic acids is 1. The van der Waals surface area contributed by atoms with E-state index in [0.717, 1.165) is 12.8 Å². The van der Waals surface area contributed by atoms with Crippen LogP contribution in [0.15, 0.2) is 0 Å². The fourth-order valence-corrected chi connectivity index (χ4v) is 0.508. The number of hydrogen-bond donors (Lipinski definition) is 2. The summed E-state index contributed by atoms with van der Waals surface area (Å²) in [4.78, 5) is 20.9. The number of rotatable bonds is 5. The lowest BCUT2D eigenvalue weighted by atomic mass is 10.3. The van der Waals surface area contributed by atoms with Crippen LogP contribution in [0.2, 0.25) is 0 Å². The van der Waals surface area contributed by atoms with Crippen molar-refractivity contribution in [2.24, 2.45) is 5.73 Å². The molecule has 1 atom stereocenters. The second-order valence-electron chi connectivity index (χ2n) is 2.34. The van der Waals surface area contributed by atoms with E-state index in [-0.39, 0.29) is 6.61 Å². The van der Waals surface area contributed by atoms with Crippen LogP contribution in [0.4, 0.5) is 0 Å². The number of carbonyl (C=O) groups excluding carboxylic acids is 1. The number of esters is 1. The summed E-state index contributed by atoms with van der Waals surface area (Å²) in [5.41, 5.74) is 4.97. The van der Waals surface area contributed by atoms with E-state index in [1.54, 1.807) is 0 Å². The lowest BCUT2D eigenvalue weighted by Gasteiger charge is -2.06. The predicted molar refractivity (Wildman–Crippen MR) is 41.5 cm³/mol. The molecule has 3 N–H and O–H groups in total. The molecule has 0 fully saturated rings. The first-order valence-electron chi connectivity index (χ1n) is 3.74. The molecule has 0 aromatic rings. The average molecular weight is 175 g/mol. The molecule has 0 aromatic carbocycles. The van der Waals surface area contributed by atoms with Crippen LogP contribution in [-0.4, -0.2) is 29.7 Å². The maximum Gasteiger partial charge on any atom is 0.334 e. The van der Waals surface area contributed by atoms with Crippen LogP contribution in [0.1, 0.15) is 19.8 Å². The SMILES string of the molecule is CCCCOC(=O)C(N)C(=O)O. The molecule has 5 nitrogen and oxygen atoms in total. The molecule has 70 valence electrons. The van der Waals surface area contributed by atoms with Crippen molar-refractivity contribution in [2.45, 2.75) is 25.8 Å². The lowest BCUT2D eigenvalue weighted by molar-refractivity contribution is -0.153. The molecule has 0 aliphatic carbocycles. The Morgan fingerprint density at radius 3 is 2.58 bits per heavy atom. The van der Waals surface area contributed by atoms with Gasteiger partial charge in [-0.25, -0.2) is 9.59 Å². The number of unbranched alkanes of at least 4 members (excludes halogenated alkanes) is 1. The van der Waals surface area contributed by atoms with E-state index in [4.69, 9.17) is 10.8 Å². The van der Waals surface area contributed by atoms with Gasteiger partial charge >= 0.3 is 11.9 Å². The molecule has 0 bridgehead atoms. The number of nitrogens with two attached hydrogens (primary N) is 1. The highest BCUT2D eigenvalue weighted by Gasteiger charge is 2.22. The van der Waals surface area contributed by atoms with Gasteiger partial charge in [-0.3, -0.25) is 0 Å². The van der Waals surface area contributed by atoms with Gasteiger partial charge in [0.25, 0.3) is 0 Å². The number of aliphatic carboxylic acids is 1. The van der Waals surface area contributed by atoms with E-state index in [2.05, 4.69) is 4.74 Å². The molecule has 0 spiro atoms. The summed E-state index contributed by atoms with van der Waals surface area (Å²) >= 11 is 0. The zero-order valence-electron chi connectivity index (χ0n) is 6.95. The largest absolute Gasteiger partial charge is 0.480 e. The zero-order chi connectivity index (χ0) is 9.56. The third kappa shape index (κ3) is 3.92. The highest BCUT2D eigenvalue weighted by Crippen LogP contribution is 1.91. The number of hydrogen-bond acceptors (Lipinski definition) is 4. The Kier molecular flexibility index (Phi) is 5.03. The molecule has 1 unspecified atom stereocenters. The van der Waals surface area contributed by atoms with Crippen LogP contribution in [-0.2, 0) is 14.3 Å². The number of carbonyl (C=O) groups is 2. The van der Waals surface area contributed by atoms with Gasteiger partial charge < -0.3 is 15.6 Å². The van der Waals surface area contributed by atoms with Gasteiger partial charge in [0, 0.05) is 0 Å². The highest BCUT2D eigenvalue weighted by atomic mass is 16.5. The van der Waals surface area contributed by atoms with Crippen LogP contribution < -0.4 is 5.73 Å². The normalized spacial score (nSPS) is 12.2. The zero-order valence-corrected chi connectivity index (χ0v) is 6.95. The minimum atomic E-state index is -1.55. The summed E-state index contributed by atoms with van der Waals surface area (Å²) in [6, 6.07) is -1.55. The van der Waals surface area contributed by atoms with Gasteiger partial charge in [0.05, 0.1) is 6.61 Å². The molecule has 0 saturated heterocycles. The number of ether oxygens (including phenoxy) is 1. The summed E-state index contributed by atoms with van der Waals surface area (Å²) in [7, 11) is 0. The van der Waals surface area contributed by atoms with Gasteiger partial charge in [0.1, 0.15) is 0 Å². The van der Waals surface area contributed by atoms with Crippen molar-refractivity contribution in [1.29, 1.82) is 0 Å². The summed E-state index contributed by atoms with van der Waals surface area (Å²) in [5, 5.41) is 8.28.